The highest BCUT2D eigenvalue weighted by Crippen LogP contribution is 2.22. The molecule has 0 amide bonds. The maximum absolute atomic E-state index is 11.8. The van der Waals surface area contributed by atoms with Gasteiger partial charge in [-0.3, -0.25) is 4.79 Å². The lowest BCUT2D eigenvalue weighted by Gasteiger charge is -2.05. The number of hydrogen-bond acceptors (Lipinski definition) is 5. The van der Waals surface area contributed by atoms with E-state index in [0.717, 1.165) is 11.3 Å². The van der Waals surface area contributed by atoms with Crippen LogP contribution in [0.4, 0.5) is 5.69 Å². The molecule has 1 heterocycles. The fourth-order valence-corrected chi connectivity index (χ4v) is 2.51. The number of ketones is 1. The number of hydrogen-bond donors (Lipinski definition) is 1. The van der Waals surface area contributed by atoms with E-state index in [1.165, 1.54) is 18.2 Å². The van der Waals surface area contributed by atoms with Crippen molar-refractivity contribution in [3.63, 3.8) is 0 Å². The van der Waals surface area contributed by atoms with Crippen LogP contribution in [0, 0.1) is 0 Å². The first-order valence-corrected chi connectivity index (χ1v) is 7.05. The first kappa shape index (κ1) is 14.8. The standard InChI is InChI=1S/C13H9Cl2NO3S/c14-8-2-1-7(5-9(8)16)13(18)19-6-10(17)11-3-4-12(15)20-11/h1-5H,6,16H2. The van der Waals surface area contributed by atoms with Crippen molar-refractivity contribution in [1.29, 1.82) is 0 Å². The molecule has 0 atom stereocenters. The Hall–Kier alpha value is -1.56. The SMILES string of the molecule is Nc1cc(C(=O)OCC(=O)c2ccc(Cl)s2)ccc1Cl. The maximum atomic E-state index is 11.8. The Bertz CT molecular complexity index is 669. The molecule has 0 fully saturated rings. The van der Waals surface area contributed by atoms with Crippen molar-refractivity contribution >= 4 is 52.0 Å². The summed E-state index contributed by atoms with van der Waals surface area (Å²) < 4.78 is 5.43. The minimum Gasteiger partial charge on any atom is -0.454 e. The number of nitrogen functional groups attached to an aromatic ring is 1. The normalized spacial score (nSPS) is 10.3. The van der Waals surface area contributed by atoms with Crippen molar-refractivity contribution in [2.75, 3.05) is 12.3 Å². The van der Waals surface area contributed by atoms with E-state index in [1.54, 1.807) is 12.1 Å². The summed E-state index contributed by atoms with van der Waals surface area (Å²) in [5.74, 6) is -0.943. The van der Waals surface area contributed by atoms with Crippen LogP contribution in [-0.4, -0.2) is 18.4 Å². The third kappa shape index (κ3) is 3.50. The molecule has 0 saturated heterocycles. The smallest absolute Gasteiger partial charge is 0.338 e. The third-order valence-corrected chi connectivity index (χ3v) is 4.03. The molecule has 0 bridgehead atoms. The fraction of sp³-hybridized carbons (Fsp3) is 0.0769. The van der Waals surface area contributed by atoms with E-state index in [1.807, 2.05) is 0 Å². The quantitative estimate of drug-likeness (QED) is 0.527. The Balaban J connectivity index is 1.98. The van der Waals surface area contributed by atoms with Crippen LogP contribution in [-0.2, 0) is 4.74 Å². The average molecular weight is 330 g/mol. The van der Waals surface area contributed by atoms with E-state index < -0.39 is 5.97 Å². The van der Waals surface area contributed by atoms with Crippen LogP contribution in [0.2, 0.25) is 9.36 Å². The van der Waals surface area contributed by atoms with Gasteiger partial charge in [0.1, 0.15) is 0 Å². The Morgan fingerprint density at radius 2 is 1.95 bits per heavy atom. The van der Waals surface area contributed by atoms with E-state index in [2.05, 4.69) is 0 Å². The van der Waals surface area contributed by atoms with Gasteiger partial charge in [0, 0.05) is 0 Å². The molecule has 20 heavy (non-hydrogen) atoms. The Kier molecular flexibility index (Phi) is 4.65. The van der Waals surface area contributed by atoms with Crippen LogP contribution in [0.5, 0.6) is 0 Å². The molecule has 104 valence electrons. The monoisotopic (exact) mass is 329 g/mol. The molecule has 4 nitrogen and oxygen atoms in total. The number of Topliss-reactive ketones (excluding diaryl/α,β-unsaturated/α-hetero) is 1. The van der Waals surface area contributed by atoms with E-state index >= 15 is 0 Å². The molecule has 7 heteroatoms. The summed E-state index contributed by atoms with van der Waals surface area (Å²) in [4.78, 5) is 23.9. The minimum atomic E-state index is -0.635. The number of ether oxygens (including phenoxy) is 1. The molecule has 0 radical (unpaired) electrons. The van der Waals surface area contributed by atoms with E-state index in [-0.39, 0.29) is 23.6 Å². The van der Waals surface area contributed by atoms with Gasteiger partial charge in [0.25, 0.3) is 0 Å². The number of benzene rings is 1. The maximum Gasteiger partial charge on any atom is 0.338 e. The zero-order valence-electron chi connectivity index (χ0n) is 10.1. The lowest BCUT2D eigenvalue weighted by atomic mass is 10.2. The topological polar surface area (TPSA) is 69.4 Å². The molecule has 0 unspecified atom stereocenters. The van der Waals surface area contributed by atoms with Crippen LogP contribution >= 0.6 is 34.5 Å². The van der Waals surface area contributed by atoms with Crippen LogP contribution < -0.4 is 5.73 Å². The van der Waals surface area contributed by atoms with Gasteiger partial charge in [-0.2, -0.15) is 0 Å². The van der Waals surface area contributed by atoms with E-state index in [9.17, 15) is 9.59 Å². The molecular formula is C13H9Cl2NO3S. The molecule has 1 aromatic heterocycles. The molecule has 0 aliphatic heterocycles. The lowest BCUT2D eigenvalue weighted by Crippen LogP contribution is -2.13. The predicted molar refractivity (Wildman–Crippen MR) is 79.8 cm³/mol. The summed E-state index contributed by atoms with van der Waals surface area (Å²) in [5, 5.41) is 0.353. The zero-order chi connectivity index (χ0) is 14.7. The molecule has 1 aromatic carbocycles. The van der Waals surface area contributed by atoms with Crippen molar-refractivity contribution in [1.82, 2.24) is 0 Å². The second kappa shape index (κ2) is 6.26. The average Bonchev–Trinajstić information content (AvgIpc) is 2.85. The predicted octanol–water partition coefficient (Wildman–Crippen LogP) is 3.68. The molecule has 0 aliphatic rings. The number of thiophene rings is 1. The van der Waals surface area contributed by atoms with E-state index in [0.29, 0.717) is 14.2 Å². The molecule has 0 saturated carbocycles. The van der Waals surface area contributed by atoms with Crippen molar-refractivity contribution in [3.8, 4) is 0 Å². The second-order valence-electron chi connectivity index (χ2n) is 3.84. The van der Waals surface area contributed by atoms with Crippen LogP contribution in [0.15, 0.2) is 30.3 Å². The van der Waals surface area contributed by atoms with Crippen molar-refractivity contribution in [2.45, 2.75) is 0 Å². The van der Waals surface area contributed by atoms with Gasteiger partial charge in [0.15, 0.2) is 6.61 Å². The van der Waals surface area contributed by atoms with E-state index in [4.69, 9.17) is 33.7 Å². The fourth-order valence-electron chi connectivity index (χ4n) is 1.42. The minimum absolute atomic E-state index is 0.240. The number of carbonyl (C=O) groups excluding carboxylic acids is 2. The summed E-state index contributed by atoms with van der Waals surface area (Å²) in [5.41, 5.74) is 6.10. The Morgan fingerprint density at radius 3 is 2.55 bits per heavy atom. The number of anilines is 1. The Morgan fingerprint density at radius 1 is 1.20 bits per heavy atom. The van der Waals surface area contributed by atoms with Crippen LogP contribution in [0.25, 0.3) is 0 Å². The van der Waals surface area contributed by atoms with Gasteiger partial charge in [0.2, 0.25) is 5.78 Å². The van der Waals surface area contributed by atoms with Gasteiger partial charge in [-0.15, -0.1) is 11.3 Å². The van der Waals surface area contributed by atoms with Crippen molar-refractivity contribution in [3.05, 3.63) is 50.1 Å². The Labute approximate surface area is 129 Å². The molecule has 0 aliphatic carbocycles. The highest BCUT2D eigenvalue weighted by molar-refractivity contribution is 7.18. The third-order valence-electron chi connectivity index (χ3n) is 2.41. The molecule has 2 rings (SSSR count). The van der Waals surface area contributed by atoms with Crippen molar-refractivity contribution < 1.29 is 14.3 Å². The number of nitrogens with two attached hydrogens (primary N) is 1. The number of esters is 1. The summed E-state index contributed by atoms with van der Waals surface area (Å²) in [7, 11) is 0. The van der Waals surface area contributed by atoms with Crippen LogP contribution in [0.1, 0.15) is 20.0 Å². The van der Waals surface area contributed by atoms with Gasteiger partial charge in [-0.1, -0.05) is 23.2 Å². The van der Waals surface area contributed by atoms with Gasteiger partial charge >= 0.3 is 5.97 Å². The highest BCUT2D eigenvalue weighted by atomic mass is 35.5. The number of carbonyl (C=O) groups is 2. The first-order chi connectivity index (χ1) is 9.47. The summed E-state index contributed by atoms with van der Waals surface area (Å²) in [6.45, 7) is -0.349. The summed E-state index contributed by atoms with van der Waals surface area (Å²) >= 11 is 12.6. The lowest BCUT2D eigenvalue weighted by molar-refractivity contribution is 0.0476. The van der Waals surface area contributed by atoms with Gasteiger partial charge in [-0.25, -0.2) is 4.79 Å². The zero-order valence-corrected chi connectivity index (χ0v) is 12.4. The summed E-state index contributed by atoms with van der Waals surface area (Å²) in [6.07, 6.45) is 0. The number of halogens is 2. The summed E-state index contributed by atoms with van der Waals surface area (Å²) in [6, 6.07) is 7.57. The van der Waals surface area contributed by atoms with Gasteiger partial charge in [-0.05, 0) is 30.3 Å². The van der Waals surface area contributed by atoms with Crippen LogP contribution in [0.3, 0.4) is 0 Å². The van der Waals surface area contributed by atoms with Gasteiger partial charge < -0.3 is 10.5 Å². The van der Waals surface area contributed by atoms with Crippen molar-refractivity contribution in [2.24, 2.45) is 0 Å². The first-order valence-electron chi connectivity index (χ1n) is 5.48. The molecule has 2 N–H and O–H groups in total. The number of rotatable bonds is 4. The second-order valence-corrected chi connectivity index (χ2v) is 5.96. The largest absolute Gasteiger partial charge is 0.454 e. The molecular weight excluding hydrogens is 321 g/mol. The van der Waals surface area contributed by atoms with Gasteiger partial charge in [0.05, 0.1) is 25.5 Å². The molecule has 2 aromatic rings. The molecule has 0 spiro atoms. The highest BCUT2D eigenvalue weighted by Gasteiger charge is 2.14.